The van der Waals surface area contributed by atoms with Crippen molar-refractivity contribution in [1.29, 1.82) is 0 Å². The van der Waals surface area contributed by atoms with Gasteiger partial charge in [0, 0.05) is 0 Å². The summed E-state index contributed by atoms with van der Waals surface area (Å²) in [5, 5.41) is 9.77. The van der Waals surface area contributed by atoms with E-state index in [1.54, 1.807) is 13.0 Å². The second-order valence-corrected chi connectivity index (χ2v) is 4.98. The largest absolute Gasteiger partial charge is 0.389 e. The Labute approximate surface area is 91.7 Å². The number of carbonyl (C=O) groups excluding carboxylic acids is 1. The van der Waals surface area contributed by atoms with E-state index in [0.29, 0.717) is 0 Å². The molecule has 2 heteroatoms. The topological polar surface area (TPSA) is 37.3 Å². The van der Waals surface area contributed by atoms with Crippen molar-refractivity contribution in [3.63, 3.8) is 0 Å². The van der Waals surface area contributed by atoms with Gasteiger partial charge in [-0.05, 0) is 49.3 Å². The maximum absolute atomic E-state index is 10.9. The Hall–Kier alpha value is -0.890. The van der Waals surface area contributed by atoms with Crippen molar-refractivity contribution < 1.29 is 9.90 Å². The van der Waals surface area contributed by atoms with Gasteiger partial charge in [-0.2, -0.15) is 0 Å². The van der Waals surface area contributed by atoms with Gasteiger partial charge in [0.05, 0.1) is 6.10 Å². The van der Waals surface area contributed by atoms with Crippen molar-refractivity contribution >= 4 is 5.78 Å². The number of allylic oxidation sites excluding steroid dienone is 3. The fourth-order valence-corrected chi connectivity index (χ4v) is 2.12. The second kappa shape index (κ2) is 4.31. The highest BCUT2D eigenvalue weighted by atomic mass is 16.3. The molecule has 1 aliphatic carbocycles. The van der Waals surface area contributed by atoms with Gasteiger partial charge >= 0.3 is 0 Å². The molecule has 0 fully saturated rings. The molecule has 1 atom stereocenters. The van der Waals surface area contributed by atoms with Crippen LogP contribution in [-0.2, 0) is 4.79 Å². The first-order chi connectivity index (χ1) is 6.84. The normalized spacial score (nSPS) is 26.1. The van der Waals surface area contributed by atoms with Crippen molar-refractivity contribution in [3.8, 4) is 0 Å². The third-order valence-electron chi connectivity index (χ3n) is 3.18. The Morgan fingerprint density at radius 3 is 2.67 bits per heavy atom. The van der Waals surface area contributed by atoms with E-state index in [9.17, 15) is 9.90 Å². The zero-order valence-corrected chi connectivity index (χ0v) is 10.0. The van der Waals surface area contributed by atoms with Crippen LogP contribution in [0.1, 0.15) is 40.5 Å². The fourth-order valence-electron chi connectivity index (χ4n) is 2.12. The van der Waals surface area contributed by atoms with Crippen LogP contribution in [0.15, 0.2) is 23.3 Å². The van der Waals surface area contributed by atoms with E-state index >= 15 is 0 Å². The SMILES string of the molecule is CC(=O)/C=C/C1=C(C)C(O)CCC1(C)C. The maximum Gasteiger partial charge on any atom is 0.152 e. The molecule has 2 nitrogen and oxygen atoms in total. The lowest BCUT2D eigenvalue weighted by Crippen LogP contribution is -2.27. The van der Waals surface area contributed by atoms with Crippen molar-refractivity contribution in [3.05, 3.63) is 23.3 Å². The van der Waals surface area contributed by atoms with Crippen molar-refractivity contribution in [2.45, 2.75) is 46.6 Å². The molecular formula is C13H20O2. The van der Waals surface area contributed by atoms with Gasteiger partial charge in [-0.1, -0.05) is 19.9 Å². The standard InChI is InChI=1S/C13H20O2/c1-9(14)5-6-11-10(2)12(15)7-8-13(11,3)4/h5-6,12,15H,7-8H2,1-4H3/b6-5+. The predicted molar refractivity (Wildman–Crippen MR) is 61.5 cm³/mol. The average Bonchev–Trinajstić information content (AvgIpc) is 2.11. The van der Waals surface area contributed by atoms with Gasteiger partial charge < -0.3 is 5.11 Å². The number of carbonyl (C=O) groups is 1. The smallest absolute Gasteiger partial charge is 0.152 e. The van der Waals surface area contributed by atoms with Gasteiger partial charge in [0.15, 0.2) is 5.78 Å². The number of ketones is 1. The highest BCUT2D eigenvalue weighted by Gasteiger charge is 2.30. The summed E-state index contributed by atoms with van der Waals surface area (Å²) in [6, 6.07) is 0. The van der Waals surface area contributed by atoms with Gasteiger partial charge in [0.2, 0.25) is 0 Å². The molecule has 1 aliphatic rings. The molecular weight excluding hydrogens is 188 g/mol. The van der Waals surface area contributed by atoms with Crippen molar-refractivity contribution in [1.82, 2.24) is 0 Å². The Morgan fingerprint density at radius 1 is 1.53 bits per heavy atom. The van der Waals surface area contributed by atoms with Crippen LogP contribution in [0.3, 0.4) is 0 Å². The molecule has 0 aromatic heterocycles. The minimum absolute atomic E-state index is 0.0474. The summed E-state index contributed by atoms with van der Waals surface area (Å²) < 4.78 is 0. The molecule has 0 saturated carbocycles. The predicted octanol–water partition coefficient (Wildman–Crippen LogP) is 2.63. The molecule has 1 rings (SSSR count). The lowest BCUT2D eigenvalue weighted by atomic mass is 9.71. The lowest BCUT2D eigenvalue weighted by molar-refractivity contribution is -0.112. The minimum Gasteiger partial charge on any atom is -0.389 e. The summed E-state index contributed by atoms with van der Waals surface area (Å²) in [6.07, 6.45) is 4.88. The van der Waals surface area contributed by atoms with Crippen LogP contribution in [-0.4, -0.2) is 17.0 Å². The Kier molecular flexibility index (Phi) is 3.50. The Bertz CT molecular complexity index is 321. The average molecular weight is 208 g/mol. The maximum atomic E-state index is 10.9. The molecule has 0 aromatic rings. The molecule has 0 spiro atoms. The molecule has 0 heterocycles. The van der Waals surface area contributed by atoms with E-state index in [0.717, 1.165) is 24.0 Å². The summed E-state index contributed by atoms with van der Waals surface area (Å²) in [5.74, 6) is 0.0474. The summed E-state index contributed by atoms with van der Waals surface area (Å²) >= 11 is 0. The minimum atomic E-state index is -0.343. The van der Waals surface area contributed by atoms with Crippen LogP contribution in [0.2, 0.25) is 0 Å². The molecule has 84 valence electrons. The first-order valence-electron chi connectivity index (χ1n) is 5.42. The molecule has 0 bridgehead atoms. The number of hydrogen-bond donors (Lipinski definition) is 1. The third kappa shape index (κ3) is 2.78. The fraction of sp³-hybridized carbons (Fsp3) is 0.615. The second-order valence-electron chi connectivity index (χ2n) is 4.98. The highest BCUT2D eigenvalue weighted by Crippen LogP contribution is 2.40. The summed E-state index contributed by atoms with van der Waals surface area (Å²) in [5.41, 5.74) is 2.18. The molecule has 0 amide bonds. The van der Waals surface area contributed by atoms with E-state index in [1.165, 1.54) is 0 Å². The monoisotopic (exact) mass is 208 g/mol. The summed E-state index contributed by atoms with van der Waals surface area (Å²) in [6.45, 7) is 7.80. The van der Waals surface area contributed by atoms with Crippen LogP contribution in [0.25, 0.3) is 0 Å². The van der Waals surface area contributed by atoms with Crippen LogP contribution in [0.5, 0.6) is 0 Å². The number of aliphatic hydroxyl groups is 1. The van der Waals surface area contributed by atoms with E-state index in [4.69, 9.17) is 0 Å². The molecule has 15 heavy (non-hydrogen) atoms. The van der Waals surface area contributed by atoms with E-state index in [1.807, 2.05) is 13.0 Å². The molecule has 0 aliphatic heterocycles. The number of rotatable bonds is 2. The summed E-state index contributed by atoms with van der Waals surface area (Å²) in [7, 11) is 0. The Balaban J connectivity index is 3.07. The summed E-state index contributed by atoms with van der Waals surface area (Å²) in [4.78, 5) is 10.9. The third-order valence-corrected chi connectivity index (χ3v) is 3.18. The van der Waals surface area contributed by atoms with Crippen LogP contribution >= 0.6 is 0 Å². The van der Waals surface area contributed by atoms with Crippen molar-refractivity contribution in [2.24, 2.45) is 5.41 Å². The number of aliphatic hydroxyl groups excluding tert-OH is 1. The van der Waals surface area contributed by atoms with Gasteiger partial charge in [0.1, 0.15) is 0 Å². The zero-order valence-electron chi connectivity index (χ0n) is 10.0. The van der Waals surface area contributed by atoms with Crippen molar-refractivity contribution in [2.75, 3.05) is 0 Å². The van der Waals surface area contributed by atoms with E-state index in [-0.39, 0.29) is 17.3 Å². The molecule has 0 aromatic carbocycles. The molecule has 1 unspecified atom stereocenters. The molecule has 1 N–H and O–H groups in total. The Morgan fingerprint density at radius 2 is 2.13 bits per heavy atom. The van der Waals surface area contributed by atoms with Crippen LogP contribution in [0.4, 0.5) is 0 Å². The van der Waals surface area contributed by atoms with Gasteiger partial charge in [-0.15, -0.1) is 0 Å². The van der Waals surface area contributed by atoms with Crippen LogP contribution in [0, 0.1) is 5.41 Å². The van der Waals surface area contributed by atoms with Gasteiger partial charge in [-0.3, -0.25) is 4.79 Å². The van der Waals surface area contributed by atoms with Gasteiger partial charge in [-0.25, -0.2) is 0 Å². The zero-order chi connectivity index (χ0) is 11.6. The van der Waals surface area contributed by atoms with E-state index in [2.05, 4.69) is 13.8 Å². The first kappa shape index (κ1) is 12.2. The van der Waals surface area contributed by atoms with Crippen LogP contribution < -0.4 is 0 Å². The van der Waals surface area contributed by atoms with E-state index < -0.39 is 0 Å². The molecule has 0 saturated heterocycles. The first-order valence-corrected chi connectivity index (χ1v) is 5.42. The highest BCUT2D eigenvalue weighted by molar-refractivity contribution is 5.87. The quantitative estimate of drug-likeness (QED) is 0.708. The number of hydrogen-bond acceptors (Lipinski definition) is 2. The van der Waals surface area contributed by atoms with Gasteiger partial charge in [0.25, 0.3) is 0 Å². The molecule has 0 radical (unpaired) electrons. The lowest BCUT2D eigenvalue weighted by Gasteiger charge is -2.35.